The van der Waals surface area contributed by atoms with Crippen molar-refractivity contribution in [2.75, 3.05) is 40.6 Å². The van der Waals surface area contributed by atoms with Crippen LogP contribution in [0.1, 0.15) is 51.0 Å². The van der Waals surface area contributed by atoms with E-state index in [0.29, 0.717) is 37.9 Å². The van der Waals surface area contributed by atoms with E-state index in [1.165, 1.54) is 11.1 Å². The van der Waals surface area contributed by atoms with Crippen molar-refractivity contribution in [1.29, 1.82) is 0 Å². The summed E-state index contributed by atoms with van der Waals surface area (Å²) in [5.74, 6) is 3.41. The SMILES string of the molecule is COc1cc([C@H]2OC[C@@H]3[C@@H]2CO[C@H]3c2ccc(OCC=C(C)C)c(OC)c2)ccc1OCC=C(C)C. The van der Waals surface area contributed by atoms with E-state index in [-0.39, 0.29) is 24.0 Å². The van der Waals surface area contributed by atoms with Gasteiger partial charge in [-0.3, -0.25) is 0 Å². The third-order valence-electron chi connectivity index (χ3n) is 6.76. The maximum atomic E-state index is 6.32. The summed E-state index contributed by atoms with van der Waals surface area (Å²) in [5.41, 5.74) is 4.60. The zero-order chi connectivity index (χ0) is 25.7. The normalized spacial score (nSPS) is 22.5. The van der Waals surface area contributed by atoms with Crippen LogP contribution in [0.15, 0.2) is 59.7 Å². The fraction of sp³-hybridized carbons (Fsp3) is 0.467. The Labute approximate surface area is 214 Å². The Kier molecular flexibility index (Phi) is 8.60. The van der Waals surface area contributed by atoms with E-state index in [0.717, 1.165) is 22.6 Å². The smallest absolute Gasteiger partial charge is 0.161 e. The lowest BCUT2D eigenvalue weighted by Gasteiger charge is -2.19. The van der Waals surface area contributed by atoms with Crippen molar-refractivity contribution < 1.29 is 28.4 Å². The molecular weight excluding hydrogens is 456 g/mol. The van der Waals surface area contributed by atoms with Gasteiger partial charge in [0.15, 0.2) is 23.0 Å². The second kappa shape index (κ2) is 11.8. The van der Waals surface area contributed by atoms with Crippen LogP contribution in [0.2, 0.25) is 0 Å². The third-order valence-corrected chi connectivity index (χ3v) is 6.76. The minimum atomic E-state index is -0.0469. The van der Waals surface area contributed by atoms with Gasteiger partial charge >= 0.3 is 0 Å². The Morgan fingerprint density at radius 3 is 1.47 bits per heavy atom. The molecule has 2 aromatic rings. The second-order valence-corrected chi connectivity index (χ2v) is 9.84. The molecule has 0 amide bonds. The van der Waals surface area contributed by atoms with Gasteiger partial charge in [-0.25, -0.2) is 0 Å². The molecule has 0 aromatic heterocycles. The molecule has 36 heavy (non-hydrogen) atoms. The number of fused-ring (bicyclic) bond motifs is 1. The van der Waals surface area contributed by atoms with Crippen molar-refractivity contribution in [3.63, 3.8) is 0 Å². The molecule has 2 aliphatic heterocycles. The summed E-state index contributed by atoms with van der Waals surface area (Å²) in [5, 5.41) is 0. The van der Waals surface area contributed by atoms with Crippen LogP contribution in [0, 0.1) is 11.8 Å². The Bertz CT molecular complexity index is 1010. The Morgan fingerprint density at radius 2 is 1.11 bits per heavy atom. The molecule has 0 radical (unpaired) electrons. The fourth-order valence-corrected chi connectivity index (χ4v) is 4.79. The van der Waals surface area contributed by atoms with Crippen LogP contribution < -0.4 is 18.9 Å². The quantitative estimate of drug-likeness (QED) is 0.353. The van der Waals surface area contributed by atoms with Crippen LogP contribution in [0.25, 0.3) is 0 Å². The van der Waals surface area contributed by atoms with Gasteiger partial charge in [0.25, 0.3) is 0 Å². The molecule has 4 rings (SSSR count). The number of rotatable bonds is 10. The number of ether oxygens (including phenoxy) is 6. The van der Waals surface area contributed by atoms with Crippen LogP contribution >= 0.6 is 0 Å². The standard InChI is InChI=1S/C30H38O6/c1-19(2)11-13-33-25-9-7-21(15-27(25)31-5)29-23-17-36-30(24(23)18-35-29)22-8-10-26(28(16-22)32-6)34-14-12-20(3)4/h7-12,15-16,23-24,29-30H,13-14,17-18H2,1-6H3/t23-,24+,29+,30-. The van der Waals surface area contributed by atoms with E-state index in [1.807, 2.05) is 36.4 Å². The highest BCUT2D eigenvalue weighted by molar-refractivity contribution is 5.45. The molecule has 0 unspecified atom stereocenters. The minimum Gasteiger partial charge on any atom is -0.493 e. The van der Waals surface area contributed by atoms with Gasteiger partial charge in [0.1, 0.15) is 13.2 Å². The van der Waals surface area contributed by atoms with Crippen molar-refractivity contribution >= 4 is 0 Å². The van der Waals surface area contributed by atoms with Crippen LogP contribution in [-0.4, -0.2) is 40.6 Å². The fourth-order valence-electron chi connectivity index (χ4n) is 4.79. The van der Waals surface area contributed by atoms with Gasteiger partial charge in [-0.2, -0.15) is 0 Å². The maximum Gasteiger partial charge on any atom is 0.161 e. The number of benzene rings is 2. The van der Waals surface area contributed by atoms with E-state index < -0.39 is 0 Å². The number of hydrogen-bond acceptors (Lipinski definition) is 6. The largest absolute Gasteiger partial charge is 0.493 e. The number of allylic oxidation sites excluding steroid dienone is 2. The molecular formula is C30H38O6. The first-order valence-corrected chi connectivity index (χ1v) is 12.5. The Morgan fingerprint density at radius 1 is 0.694 bits per heavy atom. The first-order chi connectivity index (χ1) is 17.4. The summed E-state index contributed by atoms with van der Waals surface area (Å²) in [4.78, 5) is 0. The maximum absolute atomic E-state index is 6.32. The summed E-state index contributed by atoms with van der Waals surface area (Å²) in [6.45, 7) is 10.5. The van der Waals surface area contributed by atoms with E-state index in [4.69, 9.17) is 28.4 Å². The summed E-state index contributed by atoms with van der Waals surface area (Å²) < 4.78 is 35.7. The van der Waals surface area contributed by atoms with Gasteiger partial charge < -0.3 is 28.4 Å². The van der Waals surface area contributed by atoms with Gasteiger partial charge in [0.2, 0.25) is 0 Å². The molecule has 6 heteroatoms. The molecule has 0 saturated carbocycles. The monoisotopic (exact) mass is 494 g/mol. The highest BCUT2D eigenvalue weighted by atomic mass is 16.5. The van der Waals surface area contributed by atoms with Gasteiger partial charge in [-0.15, -0.1) is 0 Å². The molecule has 2 saturated heterocycles. The third kappa shape index (κ3) is 5.88. The minimum absolute atomic E-state index is 0.0469. The lowest BCUT2D eigenvalue weighted by molar-refractivity contribution is 0.0191. The van der Waals surface area contributed by atoms with E-state index in [1.54, 1.807) is 14.2 Å². The van der Waals surface area contributed by atoms with Crippen molar-refractivity contribution in [3.8, 4) is 23.0 Å². The topological polar surface area (TPSA) is 55.4 Å². The van der Waals surface area contributed by atoms with Crippen LogP contribution in [-0.2, 0) is 9.47 Å². The number of methoxy groups -OCH3 is 2. The van der Waals surface area contributed by atoms with Gasteiger partial charge in [-0.05, 0) is 75.2 Å². The highest BCUT2D eigenvalue weighted by Crippen LogP contribution is 2.51. The summed E-state index contributed by atoms with van der Waals surface area (Å²) >= 11 is 0. The molecule has 2 aliphatic rings. The van der Waals surface area contributed by atoms with Gasteiger partial charge in [-0.1, -0.05) is 23.3 Å². The first-order valence-electron chi connectivity index (χ1n) is 12.5. The summed E-state index contributed by atoms with van der Waals surface area (Å²) in [6.07, 6.45) is 4.00. The molecule has 194 valence electrons. The van der Waals surface area contributed by atoms with Crippen molar-refractivity contribution in [2.45, 2.75) is 39.9 Å². The van der Waals surface area contributed by atoms with Crippen LogP contribution in [0.3, 0.4) is 0 Å². The second-order valence-electron chi connectivity index (χ2n) is 9.84. The van der Waals surface area contributed by atoms with Crippen molar-refractivity contribution in [3.05, 3.63) is 70.8 Å². The van der Waals surface area contributed by atoms with Crippen molar-refractivity contribution in [2.24, 2.45) is 11.8 Å². The van der Waals surface area contributed by atoms with Crippen LogP contribution in [0.4, 0.5) is 0 Å². The summed E-state index contributed by atoms with van der Waals surface area (Å²) in [7, 11) is 3.33. The molecule has 2 heterocycles. The average Bonchev–Trinajstić information content (AvgIpc) is 3.46. The molecule has 6 nitrogen and oxygen atoms in total. The Hall–Kier alpha value is -2.96. The molecule has 0 spiro atoms. The predicted molar refractivity (Wildman–Crippen MR) is 140 cm³/mol. The number of hydrogen-bond donors (Lipinski definition) is 0. The van der Waals surface area contributed by atoms with E-state index in [2.05, 4.69) is 39.8 Å². The average molecular weight is 495 g/mol. The zero-order valence-electron chi connectivity index (χ0n) is 22.2. The molecule has 4 atom stereocenters. The lowest BCUT2D eigenvalue weighted by Crippen LogP contribution is -2.14. The lowest BCUT2D eigenvalue weighted by atomic mass is 9.85. The molecule has 2 aromatic carbocycles. The highest BCUT2D eigenvalue weighted by Gasteiger charge is 2.48. The molecule has 0 N–H and O–H groups in total. The van der Waals surface area contributed by atoms with Crippen molar-refractivity contribution in [1.82, 2.24) is 0 Å². The zero-order valence-corrected chi connectivity index (χ0v) is 22.2. The Balaban J connectivity index is 1.47. The summed E-state index contributed by atoms with van der Waals surface area (Å²) in [6, 6.07) is 12.1. The predicted octanol–water partition coefficient (Wildman–Crippen LogP) is 6.47. The molecule has 0 aliphatic carbocycles. The van der Waals surface area contributed by atoms with Gasteiger partial charge in [0, 0.05) is 11.8 Å². The first kappa shape index (κ1) is 26.1. The van der Waals surface area contributed by atoms with E-state index >= 15 is 0 Å². The van der Waals surface area contributed by atoms with Gasteiger partial charge in [0.05, 0.1) is 39.6 Å². The molecule has 0 bridgehead atoms. The molecule has 2 fully saturated rings. The van der Waals surface area contributed by atoms with E-state index in [9.17, 15) is 0 Å². The van der Waals surface area contributed by atoms with Crippen LogP contribution in [0.5, 0.6) is 23.0 Å².